The molecule has 1 heterocycles. The third-order valence-electron chi connectivity index (χ3n) is 2.16. The number of fused-ring (bicyclic) bond motifs is 1. The number of carboxylic acid groups (broad SMARTS) is 1. The first kappa shape index (κ1) is 10.2. The second-order valence-corrected chi connectivity index (χ2v) is 4.02. The molecule has 2 aromatic rings. The highest BCUT2D eigenvalue weighted by Gasteiger charge is 2.13. The number of rotatable bonds is 2. The number of nitrogens with one attached hydrogen (secondary N) is 1. The smallest absolute Gasteiger partial charge is 0.307 e. The minimum Gasteiger partial charge on any atom is -0.481 e. The van der Waals surface area contributed by atoms with Crippen LogP contribution in [0.5, 0.6) is 0 Å². The number of aliphatic carboxylic acids is 1. The first-order valence-electron chi connectivity index (χ1n) is 4.25. The first-order chi connectivity index (χ1) is 7.09. The number of halogens is 2. The van der Waals surface area contributed by atoms with E-state index in [-0.39, 0.29) is 6.42 Å². The second kappa shape index (κ2) is 3.66. The van der Waals surface area contributed by atoms with Gasteiger partial charge >= 0.3 is 5.97 Å². The van der Waals surface area contributed by atoms with Crippen LogP contribution in [0.15, 0.2) is 22.8 Å². The normalized spacial score (nSPS) is 10.8. The van der Waals surface area contributed by atoms with Crippen LogP contribution in [0.2, 0.25) is 0 Å². The number of hydrogen-bond acceptors (Lipinski definition) is 1. The van der Waals surface area contributed by atoms with E-state index in [0.29, 0.717) is 20.9 Å². The van der Waals surface area contributed by atoms with E-state index in [1.807, 2.05) is 0 Å². The summed E-state index contributed by atoms with van der Waals surface area (Å²) in [7, 11) is 0. The van der Waals surface area contributed by atoms with Gasteiger partial charge in [-0.15, -0.1) is 0 Å². The predicted molar refractivity (Wildman–Crippen MR) is 57.3 cm³/mol. The minimum absolute atomic E-state index is 0.187. The molecule has 0 unspecified atom stereocenters. The molecule has 5 heteroatoms. The molecule has 1 aromatic heterocycles. The van der Waals surface area contributed by atoms with Crippen LogP contribution in [0.3, 0.4) is 0 Å². The Hall–Kier alpha value is -1.36. The van der Waals surface area contributed by atoms with E-state index in [9.17, 15) is 9.18 Å². The van der Waals surface area contributed by atoms with Gasteiger partial charge in [0, 0.05) is 17.1 Å². The minimum atomic E-state index is -0.977. The number of aromatic amines is 1. The number of benzene rings is 1. The van der Waals surface area contributed by atoms with Crippen molar-refractivity contribution in [3.8, 4) is 0 Å². The molecule has 0 saturated heterocycles. The fourth-order valence-electron chi connectivity index (χ4n) is 1.52. The van der Waals surface area contributed by atoms with Crippen molar-refractivity contribution < 1.29 is 14.3 Å². The SMILES string of the molecule is O=C(O)Cc1c[nH]c2ccc(Br)c(F)c12. The molecule has 15 heavy (non-hydrogen) atoms. The summed E-state index contributed by atoms with van der Waals surface area (Å²) in [5.41, 5.74) is 1.06. The van der Waals surface area contributed by atoms with Crippen molar-refractivity contribution in [3.05, 3.63) is 34.2 Å². The molecular formula is C10H7BrFNO2. The van der Waals surface area contributed by atoms with E-state index in [1.54, 1.807) is 12.1 Å². The maximum Gasteiger partial charge on any atom is 0.307 e. The Balaban J connectivity index is 2.66. The third kappa shape index (κ3) is 1.74. The van der Waals surface area contributed by atoms with Crippen LogP contribution >= 0.6 is 15.9 Å². The molecule has 0 aliphatic heterocycles. The van der Waals surface area contributed by atoms with Gasteiger partial charge in [-0.3, -0.25) is 4.79 Å². The highest BCUT2D eigenvalue weighted by Crippen LogP contribution is 2.27. The average molecular weight is 272 g/mol. The van der Waals surface area contributed by atoms with Crippen molar-refractivity contribution in [1.82, 2.24) is 4.98 Å². The Kier molecular flexibility index (Phi) is 2.48. The molecular weight excluding hydrogens is 265 g/mol. The van der Waals surface area contributed by atoms with E-state index < -0.39 is 11.8 Å². The number of carboxylic acids is 1. The van der Waals surface area contributed by atoms with E-state index in [0.717, 1.165) is 0 Å². The Morgan fingerprint density at radius 1 is 1.53 bits per heavy atom. The maximum atomic E-state index is 13.7. The molecule has 2 N–H and O–H groups in total. The first-order valence-corrected chi connectivity index (χ1v) is 5.04. The van der Waals surface area contributed by atoms with Gasteiger partial charge in [-0.2, -0.15) is 0 Å². The lowest BCUT2D eigenvalue weighted by molar-refractivity contribution is -0.136. The standard InChI is InChI=1S/C10H7BrFNO2/c11-6-1-2-7-9(10(6)12)5(4-13-7)3-8(14)15/h1-2,4,13H,3H2,(H,14,15). The second-order valence-electron chi connectivity index (χ2n) is 3.17. The summed E-state index contributed by atoms with van der Waals surface area (Å²) in [4.78, 5) is 13.4. The van der Waals surface area contributed by atoms with E-state index in [1.165, 1.54) is 6.20 Å². The largest absolute Gasteiger partial charge is 0.481 e. The predicted octanol–water partition coefficient (Wildman–Crippen LogP) is 2.70. The summed E-state index contributed by atoms with van der Waals surface area (Å²) in [6.45, 7) is 0. The van der Waals surface area contributed by atoms with Crippen LogP contribution in [-0.4, -0.2) is 16.1 Å². The van der Waals surface area contributed by atoms with Crippen LogP contribution in [0.25, 0.3) is 10.9 Å². The monoisotopic (exact) mass is 271 g/mol. The fourth-order valence-corrected chi connectivity index (χ4v) is 1.85. The van der Waals surface area contributed by atoms with Crippen molar-refractivity contribution in [2.75, 3.05) is 0 Å². The summed E-state index contributed by atoms with van der Waals surface area (Å²) >= 11 is 3.07. The van der Waals surface area contributed by atoms with Gasteiger partial charge in [0.1, 0.15) is 5.82 Å². The van der Waals surface area contributed by atoms with Gasteiger partial charge in [-0.25, -0.2) is 4.39 Å². The van der Waals surface area contributed by atoms with Crippen LogP contribution in [0, 0.1) is 5.82 Å². The lowest BCUT2D eigenvalue weighted by Crippen LogP contribution is -1.99. The Morgan fingerprint density at radius 3 is 2.93 bits per heavy atom. The van der Waals surface area contributed by atoms with Gasteiger partial charge in [0.15, 0.2) is 0 Å². The molecule has 78 valence electrons. The molecule has 0 aliphatic carbocycles. The maximum absolute atomic E-state index is 13.7. The molecule has 0 saturated carbocycles. The molecule has 0 amide bonds. The van der Waals surface area contributed by atoms with Crippen molar-refractivity contribution in [1.29, 1.82) is 0 Å². The highest BCUT2D eigenvalue weighted by molar-refractivity contribution is 9.10. The van der Waals surface area contributed by atoms with Crippen LogP contribution in [-0.2, 0) is 11.2 Å². The Labute approximate surface area is 93.0 Å². The van der Waals surface area contributed by atoms with Gasteiger partial charge in [0.25, 0.3) is 0 Å². The topological polar surface area (TPSA) is 53.1 Å². The lowest BCUT2D eigenvalue weighted by atomic mass is 10.1. The summed E-state index contributed by atoms with van der Waals surface area (Å²) in [6.07, 6.45) is 1.33. The Bertz CT molecular complexity index is 535. The zero-order valence-electron chi connectivity index (χ0n) is 7.55. The van der Waals surface area contributed by atoms with Gasteiger partial charge < -0.3 is 10.1 Å². The quantitative estimate of drug-likeness (QED) is 0.883. The molecule has 0 radical (unpaired) electrons. The molecule has 0 aliphatic rings. The zero-order valence-corrected chi connectivity index (χ0v) is 9.14. The van der Waals surface area contributed by atoms with Crippen LogP contribution in [0.4, 0.5) is 4.39 Å². The zero-order chi connectivity index (χ0) is 11.0. The fraction of sp³-hybridized carbons (Fsp3) is 0.100. The molecule has 2 rings (SSSR count). The van der Waals surface area contributed by atoms with Crippen LogP contribution < -0.4 is 0 Å². The van der Waals surface area contributed by atoms with Crippen molar-refractivity contribution in [2.45, 2.75) is 6.42 Å². The molecule has 0 fully saturated rings. The number of carbonyl (C=O) groups is 1. The third-order valence-corrected chi connectivity index (χ3v) is 2.77. The number of aromatic nitrogens is 1. The summed E-state index contributed by atoms with van der Waals surface area (Å²) < 4.78 is 14.0. The number of hydrogen-bond donors (Lipinski definition) is 2. The van der Waals surface area contributed by atoms with E-state index >= 15 is 0 Å². The average Bonchev–Trinajstić information content (AvgIpc) is 2.55. The lowest BCUT2D eigenvalue weighted by Gasteiger charge is -1.98. The van der Waals surface area contributed by atoms with Gasteiger partial charge in [0.2, 0.25) is 0 Å². The van der Waals surface area contributed by atoms with E-state index in [4.69, 9.17) is 5.11 Å². The van der Waals surface area contributed by atoms with Gasteiger partial charge in [-0.05, 0) is 33.6 Å². The number of H-pyrrole nitrogens is 1. The molecule has 0 bridgehead atoms. The van der Waals surface area contributed by atoms with Crippen molar-refractivity contribution in [2.24, 2.45) is 0 Å². The molecule has 3 nitrogen and oxygen atoms in total. The summed E-state index contributed by atoms with van der Waals surface area (Å²) in [5.74, 6) is -1.40. The molecule has 0 atom stereocenters. The van der Waals surface area contributed by atoms with Crippen molar-refractivity contribution in [3.63, 3.8) is 0 Å². The van der Waals surface area contributed by atoms with Crippen LogP contribution in [0.1, 0.15) is 5.56 Å². The molecule has 0 spiro atoms. The summed E-state index contributed by atoms with van der Waals surface area (Å²) in [5, 5.41) is 9.00. The summed E-state index contributed by atoms with van der Waals surface area (Å²) in [6, 6.07) is 3.28. The molecule has 1 aromatic carbocycles. The van der Waals surface area contributed by atoms with Crippen molar-refractivity contribution >= 4 is 32.8 Å². The van der Waals surface area contributed by atoms with E-state index in [2.05, 4.69) is 20.9 Å². The Morgan fingerprint density at radius 2 is 2.27 bits per heavy atom. The van der Waals surface area contributed by atoms with Gasteiger partial charge in [0.05, 0.1) is 10.9 Å². The highest BCUT2D eigenvalue weighted by atomic mass is 79.9. The van der Waals surface area contributed by atoms with Gasteiger partial charge in [-0.1, -0.05) is 0 Å².